The van der Waals surface area contributed by atoms with E-state index < -0.39 is 5.97 Å². The molecule has 0 aliphatic carbocycles. The number of esters is 1. The van der Waals surface area contributed by atoms with Gasteiger partial charge in [-0.3, -0.25) is 4.79 Å². The molecule has 0 unspecified atom stereocenters. The number of hydrogen-bond acceptors (Lipinski definition) is 5. The third-order valence-electron chi connectivity index (χ3n) is 4.02. The minimum Gasteiger partial charge on any atom is -0.456 e. The fraction of sp³-hybridized carbons (Fsp3) is 0.222. The van der Waals surface area contributed by atoms with Gasteiger partial charge in [-0.1, -0.05) is 18.2 Å². The Morgan fingerprint density at radius 1 is 1.29 bits per heavy atom. The summed E-state index contributed by atoms with van der Waals surface area (Å²) in [5.41, 5.74) is 2.03. The van der Waals surface area contributed by atoms with Crippen LogP contribution in [0.4, 0.5) is 0 Å². The number of pyridine rings is 1. The summed E-state index contributed by atoms with van der Waals surface area (Å²) in [6.45, 7) is 1.19. The minimum absolute atomic E-state index is 0.0436. The van der Waals surface area contributed by atoms with Gasteiger partial charge in [0.1, 0.15) is 11.5 Å². The van der Waals surface area contributed by atoms with Crippen molar-refractivity contribution in [1.29, 1.82) is 0 Å². The zero-order valence-electron chi connectivity index (χ0n) is 12.8. The number of ether oxygens (including phenoxy) is 2. The molecular weight excluding hydrogens is 326 g/mol. The van der Waals surface area contributed by atoms with E-state index in [9.17, 15) is 9.59 Å². The molecule has 24 heavy (non-hydrogen) atoms. The molecule has 1 aliphatic rings. The number of rotatable bonds is 3. The SMILES string of the molecule is O=C(OCc1cc2ccccc2[nH]c1=O)c1cc2c(s1)CCOC2. The largest absolute Gasteiger partial charge is 0.456 e. The van der Waals surface area contributed by atoms with Crippen molar-refractivity contribution in [3.8, 4) is 0 Å². The normalized spacial score (nSPS) is 13.7. The van der Waals surface area contributed by atoms with Crippen LogP contribution in [0.25, 0.3) is 10.9 Å². The average Bonchev–Trinajstić information content (AvgIpc) is 3.04. The zero-order chi connectivity index (χ0) is 16.5. The van der Waals surface area contributed by atoms with E-state index in [1.54, 1.807) is 6.07 Å². The van der Waals surface area contributed by atoms with Gasteiger partial charge >= 0.3 is 5.97 Å². The highest BCUT2D eigenvalue weighted by Gasteiger charge is 2.19. The van der Waals surface area contributed by atoms with Crippen molar-refractivity contribution in [2.75, 3.05) is 6.61 Å². The minimum atomic E-state index is -0.401. The van der Waals surface area contributed by atoms with Crippen LogP contribution in [-0.4, -0.2) is 17.6 Å². The van der Waals surface area contributed by atoms with Crippen LogP contribution in [0.3, 0.4) is 0 Å². The van der Waals surface area contributed by atoms with Gasteiger partial charge in [0.05, 0.1) is 18.8 Å². The Bertz CT molecular complexity index is 949. The molecule has 0 saturated carbocycles. The fourth-order valence-electron chi connectivity index (χ4n) is 2.76. The van der Waals surface area contributed by atoms with E-state index in [-0.39, 0.29) is 12.2 Å². The van der Waals surface area contributed by atoms with Crippen LogP contribution >= 0.6 is 11.3 Å². The van der Waals surface area contributed by atoms with Crippen molar-refractivity contribution in [2.24, 2.45) is 0 Å². The average molecular weight is 341 g/mol. The van der Waals surface area contributed by atoms with Crippen molar-refractivity contribution in [2.45, 2.75) is 19.6 Å². The summed E-state index contributed by atoms with van der Waals surface area (Å²) in [7, 11) is 0. The molecule has 0 bridgehead atoms. The van der Waals surface area contributed by atoms with Crippen LogP contribution in [0.1, 0.15) is 25.7 Å². The van der Waals surface area contributed by atoms with Crippen molar-refractivity contribution in [3.63, 3.8) is 0 Å². The van der Waals surface area contributed by atoms with Crippen LogP contribution in [0, 0.1) is 0 Å². The predicted molar refractivity (Wildman–Crippen MR) is 91.4 cm³/mol. The topological polar surface area (TPSA) is 68.4 Å². The number of aromatic nitrogens is 1. The summed E-state index contributed by atoms with van der Waals surface area (Å²) in [4.78, 5) is 28.9. The molecule has 1 aromatic carbocycles. The van der Waals surface area contributed by atoms with Gasteiger partial charge in [-0.25, -0.2) is 4.79 Å². The first-order valence-electron chi connectivity index (χ1n) is 7.68. The van der Waals surface area contributed by atoms with Gasteiger partial charge in [-0.05, 0) is 29.1 Å². The summed E-state index contributed by atoms with van der Waals surface area (Å²) in [6.07, 6.45) is 0.831. The summed E-state index contributed by atoms with van der Waals surface area (Å²) in [5, 5.41) is 0.909. The molecule has 1 aliphatic heterocycles. The van der Waals surface area contributed by atoms with Gasteiger partial charge in [0.2, 0.25) is 0 Å². The molecule has 0 spiro atoms. The molecule has 0 atom stereocenters. The number of nitrogens with one attached hydrogen (secondary N) is 1. The van der Waals surface area contributed by atoms with Crippen LogP contribution in [0.2, 0.25) is 0 Å². The monoisotopic (exact) mass is 341 g/mol. The Kier molecular flexibility index (Phi) is 3.92. The summed E-state index contributed by atoms with van der Waals surface area (Å²) < 4.78 is 10.7. The molecule has 3 heterocycles. The van der Waals surface area contributed by atoms with E-state index >= 15 is 0 Å². The van der Waals surface area contributed by atoms with Gasteiger partial charge in [-0.15, -0.1) is 11.3 Å². The molecule has 0 saturated heterocycles. The highest BCUT2D eigenvalue weighted by Crippen LogP contribution is 2.27. The maximum Gasteiger partial charge on any atom is 0.348 e. The number of fused-ring (bicyclic) bond motifs is 2. The third-order valence-corrected chi connectivity index (χ3v) is 5.24. The van der Waals surface area contributed by atoms with Gasteiger partial charge in [0.25, 0.3) is 5.56 Å². The van der Waals surface area contributed by atoms with Crippen LogP contribution in [-0.2, 0) is 29.1 Å². The molecule has 5 nitrogen and oxygen atoms in total. The quantitative estimate of drug-likeness (QED) is 0.744. The van der Waals surface area contributed by atoms with E-state index in [0.29, 0.717) is 23.7 Å². The maximum atomic E-state index is 12.2. The molecule has 3 aromatic rings. The number of carbonyl (C=O) groups excluding carboxylic acids is 1. The maximum absolute atomic E-state index is 12.2. The van der Waals surface area contributed by atoms with Crippen molar-refractivity contribution < 1.29 is 14.3 Å². The van der Waals surface area contributed by atoms with Crippen LogP contribution in [0.15, 0.2) is 41.2 Å². The van der Waals surface area contributed by atoms with E-state index in [2.05, 4.69) is 4.98 Å². The summed E-state index contributed by atoms with van der Waals surface area (Å²) in [6, 6.07) is 11.1. The number of para-hydroxylation sites is 1. The molecule has 2 aromatic heterocycles. The molecule has 0 amide bonds. The molecule has 1 N–H and O–H groups in total. The predicted octanol–water partition coefficient (Wildman–Crippen LogP) is 3.02. The first-order chi connectivity index (χ1) is 11.7. The smallest absolute Gasteiger partial charge is 0.348 e. The van der Waals surface area contributed by atoms with Crippen molar-refractivity contribution in [3.05, 3.63) is 67.6 Å². The second-order valence-electron chi connectivity index (χ2n) is 5.65. The molecule has 4 rings (SSSR count). The number of hydrogen-bond donors (Lipinski definition) is 1. The van der Waals surface area contributed by atoms with Crippen molar-refractivity contribution in [1.82, 2.24) is 4.98 Å². The Labute approximate surface area is 141 Å². The lowest BCUT2D eigenvalue weighted by Gasteiger charge is -2.10. The van der Waals surface area contributed by atoms with Gasteiger partial charge in [0.15, 0.2) is 0 Å². The summed E-state index contributed by atoms with van der Waals surface area (Å²) >= 11 is 1.44. The Morgan fingerprint density at radius 2 is 2.17 bits per heavy atom. The molecule has 0 radical (unpaired) electrons. The highest BCUT2D eigenvalue weighted by atomic mass is 32.1. The van der Waals surface area contributed by atoms with Crippen molar-refractivity contribution >= 4 is 28.2 Å². The van der Waals surface area contributed by atoms with Crippen LogP contribution < -0.4 is 5.56 Å². The van der Waals surface area contributed by atoms with E-state index in [1.165, 1.54) is 16.2 Å². The Morgan fingerprint density at radius 3 is 3.04 bits per heavy atom. The first-order valence-corrected chi connectivity index (χ1v) is 8.50. The molecule has 6 heteroatoms. The lowest BCUT2D eigenvalue weighted by Crippen LogP contribution is -2.15. The number of carbonyl (C=O) groups is 1. The van der Waals surface area contributed by atoms with Gasteiger partial charge in [0, 0.05) is 16.8 Å². The standard InChI is InChI=1S/C18H15NO4S/c20-17-13(7-11-3-1-2-4-14(11)19-17)10-23-18(21)16-8-12-9-22-6-5-15(12)24-16/h1-4,7-8H,5-6,9-10H2,(H,19,20). The van der Waals surface area contributed by atoms with Gasteiger partial charge in [-0.2, -0.15) is 0 Å². The Balaban J connectivity index is 1.52. The number of aromatic amines is 1. The second-order valence-corrected chi connectivity index (χ2v) is 6.79. The fourth-order valence-corrected chi connectivity index (χ4v) is 3.81. The lowest BCUT2D eigenvalue weighted by atomic mass is 10.1. The van der Waals surface area contributed by atoms with E-state index in [1.807, 2.05) is 30.3 Å². The second kappa shape index (κ2) is 6.22. The number of benzene rings is 1. The zero-order valence-corrected chi connectivity index (χ0v) is 13.7. The number of thiophene rings is 1. The number of H-pyrrole nitrogens is 1. The first kappa shape index (κ1) is 15.1. The van der Waals surface area contributed by atoms with Gasteiger partial charge < -0.3 is 14.5 Å². The van der Waals surface area contributed by atoms with E-state index in [4.69, 9.17) is 9.47 Å². The van der Waals surface area contributed by atoms with E-state index in [0.717, 1.165) is 22.9 Å². The molecule has 122 valence electrons. The Hall–Kier alpha value is -2.44. The highest BCUT2D eigenvalue weighted by molar-refractivity contribution is 7.14. The molecular formula is C18H15NO4S. The molecule has 0 fully saturated rings. The third kappa shape index (κ3) is 2.86. The van der Waals surface area contributed by atoms with Crippen LogP contribution in [0.5, 0.6) is 0 Å². The lowest BCUT2D eigenvalue weighted by molar-refractivity contribution is 0.0477. The summed E-state index contributed by atoms with van der Waals surface area (Å²) in [5.74, 6) is -0.401.